The van der Waals surface area contributed by atoms with Gasteiger partial charge < -0.3 is 9.47 Å². The van der Waals surface area contributed by atoms with E-state index in [1.165, 1.54) is 7.11 Å². The molecular weight excluding hydrogens is 318 g/mol. The lowest BCUT2D eigenvalue weighted by molar-refractivity contribution is 0.155. The van der Waals surface area contributed by atoms with Crippen LogP contribution >= 0.6 is 0 Å². The van der Waals surface area contributed by atoms with Gasteiger partial charge >= 0.3 is 6.09 Å². The molecule has 2 heterocycles. The number of pyridine rings is 2. The molecule has 1 amide bonds. The molecule has 0 fully saturated rings. The van der Waals surface area contributed by atoms with Crippen LogP contribution in [0.5, 0.6) is 5.88 Å². The zero-order valence-corrected chi connectivity index (χ0v) is 13.7. The topological polar surface area (TPSA) is 73.3 Å². The summed E-state index contributed by atoms with van der Waals surface area (Å²) in [6, 6.07) is 15.0. The monoisotopic (exact) mass is 335 g/mol. The van der Waals surface area contributed by atoms with E-state index in [9.17, 15) is 4.79 Å². The van der Waals surface area contributed by atoms with E-state index in [1.807, 2.05) is 42.5 Å². The first kappa shape index (κ1) is 16.4. The minimum atomic E-state index is -0.577. The summed E-state index contributed by atoms with van der Waals surface area (Å²) in [6.45, 7) is 0.185. The highest BCUT2D eigenvalue weighted by molar-refractivity contribution is 5.87. The van der Waals surface area contributed by atoms with Crippen LogP contribution in [0.1, 0.15) is 5.56 Å². The molecule has 1 aromatic carbocycles. The van der Waals surface area contributed by atoms with E-state index in [2.05, 4.69) is 15.3 Å². The largest absolute Gasteiger partial charge is 0.480 e. The summed E-state index contributed by atoms with van der Waals surface area (Å²) in [5.74, 6) is 0.310. The summed E-state index contributed by atoms with van der Waals surface area (Å²) in [7, 11) is 1.49. The Kier molecular flexibility index (Phi) is 5.21. The maximum absolute atomic E-state index is 12.1. The van der Waals surface area contributed by atoms with E-state index >= 15 is 0 Å². The van der Waals surface area contributed by atoms with Gasteiger partial charge in [-0.25, -0.2) is 9.78 Å². The van der Waals surface area contributed by atoms with Crippen LogP contribution in [0.2, 0.25) is 0 Å². The normalized spacial score (nSPS) is 10.1. The molecule has 25 heavy (non-hydrogen) atoms. The fourth-order valence-corrected chi connectivity index (χ4v) is 2.26. The number of methoxy groups -OCH3 is 1. The highest BCUT2D eigenvalue weighted by Gasteiger charge is 2.12. The van der Waals surface area contributed by atoms with E-state index in [0.717, 1.165) is 16.7 Å². The van der Waals surface area contributed by atoms with Crippen LogP contribution < -0.4 is 10.1 Å². The average Bonchev–Trinajstić information content (AvgIpc) is 2.68. The zero-order chi connectivity index (χ0) is 17.5. The van der Waals surface area contributed by atoms with Gasteiger partial charge in [0, 0.05) is 29.7 Å². The zero-order valence-electron chi connectivity index (χ0n) is 13.7. The van der Waals surface area contributed by atoms with Gasteiger partial charge in [0.2, 0.25) is 5.88 Å². The van der Waals surface area contributed by atoms with Crippen molar-refractivity contribution in [2.45, 2.75) is 6.61 Å². The highest BCUT2D eigenvalue weighted by Crippen LogP contribution is 2.27. The van der Waals surface area contributed by atoms with Crippen molar-refractivity contribution >= 4 is 11.8 Å². The van der Waals surface area contributed by atoms with E-state index < -0.39 is 6.09 Å². The van der Waals surface area contributed by atoms with Gasteiger partial charge in [-0.2, -0.15) is 0 Å². The summed E-state index contributed by atoms with van der Waals surface area (Å²) in [5.41, 5.74) is 3.04. The second kappa shape index (κ2) is 7.92. The SMILES string of the molecule is COc1ncc(-c2cccnc2)cc1NC(=O)OCc1ccccc1. The van der Waals surface area contributed by atoms with Crippen molar-refractivity contribution in [1.82, 2.24) is 9.97 Å². The van der Waals surface area contributed by atoms with E-state index in [1.54, 1.807) is 24.7 Å². The smallest absolute Gasteiger partial charge is 0.412 e. The van der Waals surface area contributed by atoms with E-state index in [-0.39, 0.29) is 6.61 Å². The third kappa shape index (κ3) is 4.32. The first-order valence-corrected chi connectivity index (χ1v) is 7.68. The number of ether oxygens (including phenoxy) is 2. The molecule has 0 saturated heterocycles. The van der Waals surface area contributed by atoms with Crippen molar-refractivity contribution in [1.29, 1.82) is 0 Å². The number of carbonyl (C=O) groups is 1. The molecule has 0 aliphatic rings. The van der Waals surface area contributed by atoms with E-state index in [0.29, 0.717) is 11.6 Å². The number of hydrogen-bond acceptors (Lipinski definition) is 5. The van der Waals surface area contributed by atoms with Crippen LogP contribution in [0, 0.1) is 0 Å². The molecule has 3 rings (SSSR count). The Balaban J connectivity index is 1.73. The van der Waals surface area contributed by atoms with Crippen LogP contribution in [0.4, 0.5) is 10.5 Å². The van der Waals surface area contributed by atoms with Gasteiger partial charge in [0.15, 0.2) is 0 Å². The Hall–Kier alpha value is -3.41. The highest BCUT2D eigenvalue weighted by atomic mass is 16.5. The standard InChI is InChI=1S/C19H17N3O3/c1-24-18-17(10-16(12-21-18)15-8-5-9-20-11-15)22-19(23)25-13-14-6-3-2-4-7-14/h2-12H,13H2,1H3,(H,22,23). The predicted molar refractivity (Wildman–Crippen MR) is 94.3 cm³/mol. The van der Waals surface area contributed by atoms with Gasteiger partial charge in [-0.3, -0.25) is 10.3 Å². The summed E-state index contributed by atoms with van der Waals surface area (Å²) in [4.78, 5) is 20.4. The fourth-order valence-electron chi connectivity index (χ4n) is 2.26. The number of rotatable bonds is 5. The molecular formula is C19H17N3O3. The number of benzene rings is 1. The quantitative estimate of drug-likeness (QED) is 0.765. The van der Waals surface area contributed by atoms with Crippen molar-refractivity contribution in [3.63, 3.8) is 0 Å². The lowest BCUT2D eigenvalue weighted by Crippen LogP contribution is -2.14. The third-order valence-electron chi connectivity index (χ3n) is 3.49. The maximum atomic E-state index is 12.1. The van der Waals surface area contributed by atoms with E-state index in [4.69, 9.17) is 9.47 Å². The van der Waals surface area contributed by atoms with Crippen LogP contribution in [0.3, 0.4) is 0 Å². The van der Waals surface area contributed by atoms with Gasteiger partial charge in [0.05, 0.1) is 7.11 Å². The molecule has 0 bridgehead atoms. The molecule has 0 radical (unpaired) electrons. The van der Waals surface area contributed by atoms with Crippen molar-refractivity contribution in [3.05, 3.63) is 72.7 Å². The average molecular weight is 335 g/mol. The number of nitrogens with one attached hydrogen (secondary N) is 1. The summed E-state index contributed by atoms with van der Waals surface area (Å²) < 4.78 is 10.4. The van der Waals surface area contributed by atoms with Crippen LogP contribution in [-0.2, 0) is 11.3 Å². The van der Waals surface area contributed by atoms with Gasteiger partial charge in [0.1, 0.15) is 12.3 Å². The van der Waals surface area contributed by atoms with Crippen LogP contribution in [-0.4, -0.2) is 23.2 Å². The van der Waals surface area contributed by atoms with Crippen molar-refractivity contribution < 1.29 is 14.3 Å². The van der Waals surface area contributed by atoms with Gasteiger partial charge in [-0.1, -0.05) is 36.4 Å². The number of anilines is 1. The molecule has 1 N–H and O–H groups in total. The van der Waals surface area contributed by atoms with Gasteiger partial charge in [0.25, 0.3) is 0 Å². The van der Waals surface area contributed by atoms with Crippen LogP contribution in [0.15, 0.2) is 67.1 Å². The number of aromatic nitrogens is 2. The first-order chi connectivity index (χ1) is 12.3. The van der Waals surface area contributed by atoms with Crippen molar-refractivity contribution in [3.8, 4) is 17.0 Å². The molecule has 3 aromatic rings. The molecule has 0 aliphatic heterocycles. The molecule has 6 nitrogen and oxygen atoms in total. The second-order valence-corrected chi connectivity index (χ2v) is 5.21. The lowest BCUT2D eigenvalue weighted by Gasteiger charge is -2.11. The van der Waals surface area contributed by atoms with Crippen molar-refractivity contribution in [2.24, 2.45) is 0 Å². The molecule has 6 heteroatoms. The van der Waals surface area contributed by atoms with Gasteiger partial charge in [-0.15, -0.1) is 0 Å². The number of carbonyl (C=O) groups excluding carboxylic acids is 1. The minimum Gasteiger partial charge on any atom is -0.480 e. The molecule has 0 saturated carbocycles. The minimum absolute atomic E-state index is 0.185. The first-order valence-electron chi connectivity index (χ1n) is 7.68. The Morgan fingerprint density at radius 3 is 2.64 bits per heavy atom. The maximum Gasteiger partial charge on any atom is 0.412 e. The fraction of sp³-hybridized carbons (Fsp3) is 0.105. The van der Waals surface area contributed by atoms with Crippen molar-refractivity contribution in [2.75, 3.05) is 12.4 Å². The summed E-state index contributed by atoms with van der Waals surface area (Å²) in [5, 5.41) is 2.67. The Morgan fingerprint density at radius 1 is 1.08 bits per heavy atom. The van der Waals surface area contributed by atoms with Gasteiger partial charge in [-0.05, 0) is 17.7 Å². The molecule has 126 valence electrons. The molecule has 0 aliphatic carbocycles. The third-order valence-corrected chi connectivity index (χ3v) is 3.49. The summed E-state index contributed by atoms with van der Waals surface area (Å²) in [6.07, 6.45) is 4.50. The Morgan fingerprint density at radius 2 is 1.92 bits per heavy atom. The van der Waals surface area contributed by atoms with Crippen LogP contribution in [0.25, 0.3) is 11.1 Å². The Bertz CT molecular complexity index is 839. The molecule has 2 aromatic heterocycles. The predicted octanol–water partition coefficient (Wildman–Crippen LogP) is 3.90. The number of hydrogen-bond donors (Lipinski definition) is 1. The molecule has 0 spiro atoms. The molecule has 0 unspecified atom stereocenters. The molecule has 0 atom stereocenters. The number of amides is 1. The number of nitrogens with zero attached hydrogens (tertiary/aromatic N) is 2. The summed E-state index contributed by atoms with van der Waals surface area (Å²) >= 11 is 0. The second-order valence-electron chi connectivity index (χ2n) is 5.21. The lowest BCUT2D eigenvalue weighted by atomic mass is 10.1. The Labute approximate surface area is 145 Å².